The zero-order valence-electron chi connectivity index (χ0n) is 11.8. The second-order valence-corrected chi connectivity index (χ2v) is 5.02. The Kier molecular flexibility index (Phi) is 5.57. The third-order valence-electron chi connectivity index (χ3n) is 3.54. The fourth-order valence-electron chi connectivity index (χ4n) is 2.59. The Morgan fingerprint density at radius 1 is 1.23 bits per heavy atom. The summed E-state index contributed by atoms with van der Waals surface area (Å²) in [6.45, 7) is 2.23. The van der Waals surface area contributed by atoms with Crippen LogP contribution in [-0.2, 0) is 0 Å². The van der Waals surface area contributed by atoms with Gasteiger partial charge in [-0.15, -0.1) is 13.2 Å². The molecule has 3 nitrogen and oxygen atoms in total. The predicted molar refractivity (Wildman–Crippen MR) is 70.9 cm³/mol. The van der Waals surface area contributed by atoms with Crippen molar-refractivity contribution in [1.82, 2.24) is 10.2 Å². The highest BCUT2D eigenvalue weighted by atomic mass is 19.4. The molecule has 1 N–H and O–H groups in total. The lowest BCUT2D eigenvalue weighted by Crippen LogP contribution is -2.45. The Labute approximate surface area is 125 Å². The van der Waals surface area contributed by atoms with Crippen molar-refractivity contribution in [3.8, 4) is 5.75 Å². The number of ether oxygens (including phenoxy) is 1. The van der Waals surface area contributed by atoms with Crippen LogP contribution >= 0.6 is 0 Å². The molecule has 2 rings (SSSR count). The molecule has 124 valence electrons. The Morgan fingerprint density at radius 2 is 1.91 bits per heavy atom. The summed E-state index contributed by atoms with van der Waals surface area (Å²) in [5.74, 6) is -1.98. The molecule has 1 heterocycles. The maximum Gasteiger partial charge on any atom is 0.573 e. The third-order valence-corrected chi connectivity index (χ3v) is 3.54. The van der Waals surface area contributed by atoms with Crippen molar-refractivity contribution in [2.24, 2.45) is 0 Å². The van der Waals surface area contributed by atoms with E-state index in [0.29, 0.717) is 18.7 Å². The average molecular weight is 324 g/mol. The van der Waals surface area contributed by atoms with Gasteiger partial charge in [0.15, 0.2) is 11.6 Å². The van der Waals surface area contributed by atoms with Gasteiger partial charge in [0.25, 0.3) is 0 Å². The van der Waals surface area contributed by atoms with Crippen LogP contribution in [0.25, 0.3) is 0 Å². The number of hydrogen-bond acceptors (Lipinski definition) is 3. The second-order valence-electron chi connectivity index (χ2n) is 5.02. The Morgan fingerprint density at radius 3 is 2.45 bits per heavy atom. The van der Waals surface area contributed by atoms with E-state index in [1.54, 1.807) is 0 Å². The maximum absolute atomic E-state index is 13.8. The van der Waals surface area contributed by atoms with Crippen molar-refractivity contribution >= 4 is 0 Å². The van der Waals surface area contributed by atoms with Crippen LogP contribution in [0.5, 0.6) is 5.75 Å². The predicted octanol–water partition coefficient (Wildman–Crippen LogP) is 3.03. The van der Waals surface area contributed by atoms with Gasteiger partial charge in [0, 0.05) is 32.2 Å². The number of rotatable bonds is 5. The summed E-state index contributed by atoms with van der Waals surface area (Å²) in [5, 5.41) is 3.15. The third kappa shape index (κ3) is 4.54. The summed E-state index contributed by atoms with van der Waals surface area (Å²) in [5.41, 5.74) is 0.451. The van der Waals surface area contributed by atoms with Gasteiger partial charge in [0.2, 0.25) is 0 Å². The first kappa shape index (κ1) is 17.0. The molecule has 0 amide bonds. The molecule has 1 aromatic carbocycles. The van der Waals surface area contributed by atoms with Gasteiger partial charge in [-0.1, -0.05) is 6.07 Å². The van der Waals surface area contributed by atoms with E-state index in [4.69, 9.17) is 0 Å². The van der Waals surface area contributed by atoms with Gasteiger partial charge in [-0.05, 0) is 24.1 Å². The summed E-state index contributed by atoms with van der Waals surface area (Å²) in [4.78, 5) is 2.00. The van der Waals surface area contributed by atoms with Gasteiger partial charge < -0.3 is 10.1 Å². The molecular weight excluding hydrogens is 307 g/mol. The summed E-state index contributed by atoms with van der Waals surface area (Å²) in [6, 6.07) is 2.92. The molecule has 0 spiro atoms. The first-order valence-corrected chi connectivity index (χ1v) is 6.96. The molecule has 1 saturated heterocycles. The van der Waals surface area contributed by atoms with Crippen LogP contribution in [0.1, 0.15) is 18.0 Å². The molecule has 0 unspecified atom stereocenters. The van der Waals surface area contributed by atoms with Gasteiger partial charge >= 0.3 is 6.36 Å². The van der Waals surface area contributed by atoms with Crippen molar-refractivity contribution in [2.45, 2.75) is 18.8 Å². The molecule has 22 heavy (non-hydrogen) atoms. The van der Waals surface area contributed by atoms with E-state index in [-0.39, 0.29) is 12.5 Å². The molecule has 0 aromatic heterocycles. The number of alkyl halides is 4. The van der Waals surface area contributed by atoms with Crippen LogP contribution in [0, 0.1) is 5.82 Å². The number of nitrogens with one attached hydrogen (secondary N) is 1. The standard InChI is InChI=1S/C14H17F5N2O/c15-4-3-12(21-7-5-20-6-8-21)10-1-2-13(11(16)9-10)22-14(17,18)19/h1-2,9,12,20H,3-8H2/t12-/m0/s1. The molecule has 8 heteroatoms. The van der Waals surface area contributed by atoms with E-state index in [1.165, 1.54) is 6.07 Å². The Bertz CT molecular complexity index is 489. The normalized spacial score (nSPS) is 18.2. The van der Waals surface area contributed by atoms with Crippen molar-refractivity contribution in [3.63, 3.8) is 0 Å². The zero-order valence-corrected chi connectivity index (χ0v) is 11.8. The Hall–Kier alpha value is -1.41. The van der Waals surface area contributed by atoms with E-state index in [1.807, 2.05) is 4.90 Å². The number of halogens is 5. The van der Waals surface area contributed by atoms with Gasteiger partial charge in [0.1, 0.15) is 0 Å². The van der Waals surface area contributed by atoms with Crippen molar-refractivity contribution < 1.29 is 26.7 Å². The highest BCUT2D eigenvalue weighted by Crippen LogP contribution is 2.31. The number of benzene rings is 1. The minimum atomic E-state index is -4.95. The number of nitrogens with zero attached hydrogens (tertiary/aromatic N) is 1. The van der Waals surface area contributed by atoms with Gasteiger partial charge in [-0.3, -0.25) is 9.29 Å². The van der Waals surface area contributed by atoms with Crippen LogP contribution in [0.2, 0.25) is 0 Å². The van der Waals surface area contributed by atoms with E-state index in [0.717, 1.165) is 25.2 Å². The summed E-state index contributed by atoms with van der Waals surface area (Å²) in [6.07, 6.45) is -4.78. The van der Waals surface area contributed by atoms with Crippen LogP contribution in [-0.4, -0.2) is 44.1 Å². The van der Waals surface area contributed by atoms with E-state index < -0.39 is 24.6 Å². The molecule has 1 fully saturated rings. The maximum atomic E-state index is 13.8. The van der Waals surface area contributed by atoms with Gasteiger partial charge in [-0.2, -0.15) is 0 Å². The summed E-state index contributed by atoms with van der Waals surface area (Å²) >= 11 is 0. The molecule has 1 aliphatic rings. The molecule has 1 aromatic rings. The van der Waals surface area contributed by atoms with Crippen LogP contribution < -0.4 is 10.1 Å². The minimum Gasteiger partial charge on any atom is -0.403 e. The smallest absolute Gasteiger partial charge is 0.403 e. The highest BCUT2D eigenvalue weighted by Gasteiger charge is 2.32. The number of hydrogen-bond donors (Lipinski definition) is 1. The lowest BCUT2D eigenvalue weighted by Gasteiger charge is -2.35. The lowest BCUT2D eigenvalue weighted by atomic mass is 10.0. The number of piperazine rings is 1. The lowest BCUT2D eigenvalue weighted by molar-refractivity contribution is -0.275. The molecule has 0 saturated carbocycles. The van der Waals surface area contributed by atoms with Crippen LogP contribution in [0.15, 0.2) is 18.2 Å². The fourth-order valence-corrected chi connectivity index (χ4v) is 2.59. The van der Waals surface area contributed by atoms with E-state index in [9.17, 15) is 22.0 Å². The summed E-state index contributed by atoms with van der Waals surface area (Å²) < 4.78 is 66.6. The molecular formula is C14H17F5N2O. The van der Waals surface area contributed by atoms with Crippen molar-refractivity contribution in [2.75, 3.05) is 32.9 Å². The second kappa shape index (κ2) is 7.23. The molecule has 0 radical (unpaired) electrons. The van der Waals surface area contributed by atoms with Gasteiger partial charge in [-0.25, -0.2) is 4.39 Å². The monoisotopic (exact) mass is 324 g/mol. The average Bonchev–Trinajstić information content (AvgIpc) is 2.47. The molecule has 0 aliphatic carbocycles. The quantitative estimate of drug-likeness (QED) is 0.843. The fraction of sp³-hybridized carbons (Fsp3) is 0.571. The van der Waals surface area contributed by atoms with Crippen molar-refractivity contribution in [1.29, 1.82) is 0 Å². The summed E-state index contributed by atoms with van der Waals surface area (Å²) in [7, 11) is 0. The largest absolute Gasteiger partial charge is 0.573 e. The van der Waals surface area contributed by atoms with Gasteiger partial charge in [0.05, 0.1) is 6.67 Å². The first-order chi connectivity index (χ1) is 10.4. The SMILES string of the molecule is FCC[C@@H](c1ccc(OC(F)(F)F)c(F)c1)N1CCNCC1. The van der Waals surface area contributed by atoms with Crippen LogP contribution in [0.3, 0.4) is 0 Å². The minimum absolute atomic E-state index is 0.166. The first-order valence-electron chi connectivity index (χ1n) is 6.96. The van der Waals surface area contributed by atoms with E-state index >= 15 is 0 Å². The molecule has 1 atom stereocenters. The Balaban J connectivity index is 2.19. The molecule has 1 aliphatic heterocycles. The zero-order chi connectivity index (χ0) is 16.2. The van der Waals surface area contributed by atoms with E-state index in [2.05, 4.69) is 10.1 Å². The van der Waals surface area contributed by atoms with Crippen LogP contribution in [0.4, 0.5) is 22.0 Å². The van der Waals surface area contributed by atoms with Crippen molar-refractivity contribution in [3.05, 3.63) is 29.6 Å². The highest BCUT2D eigenvalue weighted by molar-refractivity contribution is 5.31. The topological polar surface area (TPSA) is 24.5 Å². The molecule has 0 bridgehead atoms.